The highest BCUT2D eigenvalue weighted by Crippen LogP contribution is 2.34. The molecule has 2 aromatic rings. The van der Waals surface area contributed by atoms with Crippen LogP contribution < -0.4 is 10.6 Å². The Bertz CT molecular complexity index is 1030. The molecule has 7 nitrogen and oxygen atoms in total. The van der Waals surface area contributed by atoms with E-state index in [-0.39, 0.29) is 5.54 Å². The van der Waals surface area contributed by atoms with Crippen LogP contribution in [-0.4, -0.2) is 49.2 Å². The fourth-order valence-electron chi connectivity index (χ4n) is 3.89. The van der Waals surface area contributed by atoms with Crippen molar-refractivity contribution >= 4 is 19.5 Å². The van der Waals surface area contributed by atoms with Gasteiger partial charge in [-0.05, 0) is 24.1 Å². The summed E-state index contributed by atoms with van der Waals surface area (Å²) in [5.41, 5.74) is 3.96. The molecule has 1 fully saturated rings. The smallest absolute Gasteiger partial charge is 0.124 e. The number of nitriles is 1. The Kier molecular flexibility index (Phi) is 8.00. The molecule has 1 aliphatic heterocycles. The molecular weight excluding hydrogens is 428 g/mol. The van der Waals surface area contributed by atoms with E-state index in [1.165, 1.54) is 0 Å². The lowest BCUT2D eigenvalue weighted by molar-refractivity contribution is 0.0888. The molecule has 0 atom stereocenters. The van der Waals surface area contributed by atoms with Gasteiger partial charge in [0.1, 0.15) is 18.1 Å². The summed E-state index contributed by atoms with van der Waals surface area (Å²) in [4.78, 5) is 0. The number of nitrogens with one attached hydrogen (secondary N) is 2. The van der Waals surface area contributed by atoms with Crippen molar-refractivity contribution < 1.29 is 4.74 Å². The van der Waals surface area contributed by atoms with Crippen LogP contribution in [0, 0.1) is 11.3 Å². The number of aromatic nitrogens is 3. The Hall–Kier alpha value is -2.60. The van der Waals surface area contributed by atoms with Crippen molar-refractivity contribution in [2.45, 2.75) is 57.7 Å². The number of hydrogen-bond donors (Lipinski definition) is 2. The molecule has 0 radical (unpaired) electrons. The van der Waals surface area contributed by atoms with Crippen molar-refractivity contribution in [3.63, 3.8) is 0 Å². The number of hydrogen-bond acceptors (Lipinski definition) is 5. The zero-order chi connectivity index (χ0) is 24.1. The highest BCUT2D eigenvalue weighted by molar-refractivity contribution is 6.76. The van der Waals surface area contributed by atoms with E-state index >= 15 is 0 Å². The average Bonchev–Trinajstić information content (AvgIpc) is 3.38. The fourth-order valence-corrected chi connectivity index (χ4v) is 4.65. The second kappa shape index (κ2) is 10.6. The number of rotatable bonds is 12. The second-order valence-electron chi connectivity index (χ2n) is 10.1. The van der Waals surface area contributed by atoms with Gasteiger partial charge >= 0.3 is 0 Å². The van der Waals surface area contributed by atoms with E-state index in [0.717, 1.165) is 60.3 Å². The Balaban J connectivity index is 1.90. The van der Waals surface area contributed by atoms with Crippen LogP contribution in [0.2, 0.25) is 25.7 Å². The van der Waals surface area contributed by atoms with Crippen molar-refractivity contribution in [3.8, 4) is 6.07 Å². The summed E-state index contributed by atoms with van der Waals surface area (Å²) in [6.07, 6.45) is 9.48. The van der Waals surface area contributed by atoms with Crippen LogP contribution in [0.4, 0.5) is 5.82 Å². The molecule has 0 amide bonds. The van der Waals surface area contributed by atoms with Gasteiger partial charge in [0.15, 0.2) is 0 Å². The monoisotopic (exact) mass is 466 g/mol. The molecule has 2 aromatic heterocycles. The maximum Gasteiger partial charge on any atom is 0.124 e. The standard InChI is InChI=1S/C25H38N6OSi/c1-7-20(2)14-23(21-15-29-31(16-21)25(9-10-26)17-28-18-25)22-8-11-30(24(22)27-3)19-32-12-13-33(4,5)6/h8,11,14-16,27-28H,2,7,9,12-13,17-19H2,1,3-6H3/b23-14-. The van der Waals surface area contributed by atoms with Gasteiger partial charge in [0, 0.05) is 58.3 Å². The molecule has 33 heavy (non-hydrogen) atoms. The molecule has 178 valence electrons. The van der Waals surface area contributed by atoms with E-state index < -0.39 is 8.07 Å². The van der Waals surface area contributed by atoms with Crippen LogP contribution in [0.15, 0.2) is 42.9 Å². The topological polar surface area (TPSA) is 79.8 Å². The number of nitrogens with zero attached hydrogens (tertiary/aromatic N) is 4. The molecule has 3 rings (SSSR count). The zero-order valence-electron chi connectivity index (χ0n) is 20.7. The molecular formula is C25H38N6OSi. The van der Waals surface area contributed by atoms with E-state index in [2.05, 4.69) is 84.0 Å². The number of ether oxygens (including phenoxy) is 1. The van der Waals surface area contributed by atoms with Gasteiger partial charge in [-0.1, -0.05) is 44.8 Å². The highest BCUT2D eigenvalue weighted by atomic mass is 28.3. The van der Waals surface area contributed by atoms with Crippen molar-refractivity contribution in [2.24, 2.45) is 0 Å². The molecule has 0 spiro atoms. The second-order valence-corrected chi connectivity index (χ2v) is 15.7. The van der Waals surface area contributed by atoms with E-state index in [0.29, 0.717) is 13.2 Å². The normalized spacial score (nSPS) is 15.7. The van der Waals surface area contributed by atoms with Gasteiger partial charge in [0.2, 0.25) is 0 Å². The van der Waals surface area contributed by atoms with Crippen molar-refractivity contribution in [3.05, 3.63) is 54.0 Å². The molecule has 0 unspecified atom stereocenters. The Labute approximate surface area is 199 Å². The van der Waals surface area contributed by atoms with Gasteiger partial charge < -0.3 is 19.9 Å². The van der Waals surface area contributed by atoms with E-state index in [1.807, 2.05) is 17.9 Å². The average molecular weight is 467 g/mol. The highest BCUT2D eigenvalue weighted by Gasteiger charge is 2.39. The molecule has 8 heteroatoms. The van der Waals surface area contributed by atoms with Crippen LogP contribution in [0.1, 0.15) is 30.9 Å². The Morgan fingerprint density at radius 2 is 2.18 bits per heavy atom. The van der Waals surface area contributed by atoms with E-state index in [1.54, 1.807) is 0 Å². The molecule has 0 bridgehead atoms. The summed E-state index contributed by atoms with van der Waals surface area (Å²) in [5, 5.41) is 20.6. The maximum absolute atomic E-state index is 9.31. The zero-order valence-corrected chi connectivity index (χ0v) is 21.7. The minimum absolute atomic E-state index is 0.262. The molecule has 1 saturated heterocycles. The van der Waals surface area contributed by atoms with Gasteiger partial charge in [-0.3, -0.25) is 4.68 Å². The molecule has 0 aromatic carbocycles. The predicted octanol–water partition coefficient (Wildman–Crippen LogP) is 4.65. The Morgan fingerprint density at radius 1 is 1.42 bits per heavy atom. The van der Waals surface area contributed by atoms with Crippen LogP contribution in [0.5, 0.6) is 0 Å². The lowest BCUT2D eigenvalue weighted by atomic mass is 9.89. The minimum Gasteiger partial charge on any atom is -0.374 e. The molecule has 2 N–H and O–H groups in total. The molecule has 3 heterocycles. The molecule has 0 aliphatic carbocycles. The third-order valence-corrected chi connectivity index (χ3v) is 7.92. The van der Waals surface area contributed by atoms with Gasteiger partial charge in [-0.2, -0.15) is 10.4 Å². The summed E-state index contributed by atoms with van der Waals surface area (Å²) in [6.45, 7) is 16.2. The lowest BCUT2D eigenvalue weighted by Gasteiger charge is -2.41. The van der Waals surface area contributed by atoms with Crippen LogP contribution in [0.25, 0.3) is 5.57 Å². The van der Waals surface area contributed by atoms with Gasteiger partial charge in [-0.15, -0.1) is 0 Å². The van der Waals surface area contributed by atoms with Crippen LogP contribution in [-0.2, 0) is 17.0 Å². The molecule has 1 aliphatic rings. The number of anilines is 1. The third-order valence-electron chi connectivity index (χ3n) is 6.22. The first-order valence-electron chi connectivity index (χ1n) is 11.7. The van der Waals surface area contributed by atoms with Crippen molar-refractivity contribution in [1.82, 2.24) is 19.7 Å². The first kappa shape index (κ1) is 25.0. The predicted molar refractivity (Wildman–Crippen MR) is 138 cm³/mol. The van der Waals surface area contributed by atoms with Gasteiger partial charge in [0.05, 0.1) is 18.7 Å². The van der Waals surface area contributed by atoms with Gasteiger partial charge in [-0.25, -0.2) is 0 Å². The summed E-state index contributed by atoms with van der Waals surface area (Å²) in [5.74, 6) is 1.00. The van der Waals surface area contributed by atoms with E-state index in [9.17, 15) is 5.26 Å². The first-order chi connectivity index (χ1) is 15.7. The first-order valence-corrected chi connectivity index (χ1v) is 15.4. The van der Waals surface area contributed by atoms with Crippen LogP contribution >= 0.6 is 0 Å². The van der Waals surface area contributed by atoms with Crippen molar-refractivity contribution in [1.29, 1.82) is 5.26 Å². The Morgan fingerprint density at radius 3 is 2.76 bits per heavy atom. The summed E-state index contributed by atoms with van der Waals surface area (Å²) < 4.78 is 10.1. The fraction of sp³-hybridized carbons (Fsp3) is 0.520. The third kappa shape index (κ3) is 5.85. The summed E-state index contributed by atoms with van der Waals surface area (Å²) >= 11 is 0. The van der Waals surface area contributed by atoms with E-state index in [4.69, 9.17) is 4.74 Å². The summed E-state index contributed by atoms with van der Waals surface area (Å²) in [6, 6.07) is 5.59. The lowest BCUT2D eigenvalue weighted by Crippen LogP contribution is -2.60. The number of allylic oxidation sites excluding steroid dienone is 2. The molecule has 0 saturated carbocycles. The minimum atomic E-state index is -1.12. The SMILES string of the molecule is C=C(/C=C(/c1cnn(C2(CC#N)CNC2)c1)c1ccn(COCC[Si](C)(C)C)c1NC)CC. The van der Waals surface area contributed by atoms with Crippen LogP contribution in [0.3, 0.4) is 0 Å². The summed E-state index contributed by atoms with van der Waals surface area (Å²) in [7, 11) is 0.822. The van der Waals surface area contributed by atoms with Gasteiger partial charge in [0.25, 0.3) is 0 Å². The quantitative estimate of drug-likeness (QED) is 0.270. The maximum atomic E-state index is 9.31. The largest absolute Gasteiger partial charge is 0.374 e. The van der Waals surface area contributed by atoms with Crippen molar-refractivity contribution in [2.75, 3.05) is 32.1 Å².